The third-order valence-corrected chi connectivity index (χ3v) is 4.20. The summed E-state index contributed by atoms with van der Waals surface area (Å²) >= 11 is 0. The van der Waals surface area contributed by atoms with Gasteiger partial charge in [-0.05, 0) is 24.3 Å². The summed E-state index contributed by atoms with van der Waals surface area (Å²) in [5.74, 6) is 0.400. The zero-order chi connectivity index (χ0) is 17.5. The van der Waals surface area contributed by atoms with Crippen molar-refractivity contribution in [2.75, 3.05) is 32.8 Å². The van der Waals surface area contributed by atoms with E-state index in [1.165, 1.54) is 0 Å². The first kappa shape index (κ1) is 16.9. The fraction of sp³-hybridized carbons (Fsp3) is 0.316. The molecule has 1 aromatic heterocycles. The maximum Gasteiger partial charge on any atom is 0.260 e. The highest BCUT2D eigenvalue weighted by molar-refractivity contribution is 5.78. The zero-order valence-corrected chi connectivity index (χ0v) is 14.0. The lowest BCUT2D eigenvalue weighted by Gasteiger charge is -2.34. The van der Waals surface area contributed by atoms with Crippen LogP contribution < -0.4 is 4.74 Å². The number of nitriles is 1. The zero-order valence-electron chi connectivity index (χ0n) is 14.0. The second-order valence-corrected chi connectivity index (χ2v) is 5.87. The van der Waals surface area contributed by atoms with E-state index in [1.54, 1.807) is 30.5 Å². The molecule has 0 N–H and O–H groups in total. The fourth-order valence-corrected chi connectivity index (χ4v) is 2.79. The van der Waals surface area contributed by atoms with Crippen molar-refractivity contribution < 1.29 is 9.53 Å². The van der Waals surface area contributed by atoms with Crippen molar-refractivity contribution in [3.8, 4) is 11.8 Å². The Hall–Kier alpha value is -2.91. The number of nitrogens with zero attached hydrogens (tertiary/aromatic N) is 4. The molecule has 0 unspecified atom stereocenters. The molecule has 0 spiro atoms. The number of para-hydroxylation sites is 1. The van der Waals surface area contributed by atoms with Crippen LogP contribution in [0.2, 0.25) is 0 Å². The largest absolute Gasteiger partial charge is 0.482 e. The monoisotopic (exact) mass is 336 g/mol. The molecule has 1 saturated heterocycles. The molecule has 2 heterocycles. The molecule has 6 heteroatoms. The Morgan fingerprint density at radius 2 is 1.88 bits per heavy atom. The van der Waals surface area contributed by atoms with Crippen molar-refractivity contribution in [1.29, 1.82) is 5.26 Å². The van der Waals surface area contributed by atoms with Crippen molar-refractivity contribution in [1.82, 2.24) is 14.8 Å². The van der Waals surface area contributed by atoms with Gasteiger partial charge in [-0.15, -0.1) is 0 Å². The molecule has 1 aromatic carbocycles. The van der Waals surface area contributed by atoms with Gasteiger partial charge in [-0.2, -0.15) is 5.26 Å². The molecule has 2 aromatic rings. The van der Waals surface area contributed by atoms with E-state index in [-0.39, 0.29) is 12.5 Å². The van der Waals surface area contributed by atoms with Gasteiger partial charge >= 0.3 is 0 Å². The Labute approximate surface area is 147 Å². The van der Waals surface area contributed by atoms with Gasteiger partial charge in [0.15, 0.2) is 6.61 Å². The number of aromatic nitrogens is 1. The molecule has 1 fully saturated rings. The van der Waals surface area contributed by atoms with Gasteiger partial charge in [0.05, 0.1) is 11.3 Å². The summed E-state index contributed by atoms with van der Waals surface area (Å²) in [6.07, 6.45) is 1.80. The lowest BCUT2D eigenvalue weighted by Crippen LogP contribution is -2.49. The van der Waals surface area contributed by atoms with Crippen molar-refractivity contribution in [3.63, 3.8) is 0 Å². The number of piperazine rings is 1. The first-order chi connectivity index (χ1) is 12.3. The van der Waals surface area contributed by atoms with Gasteiger partial charge < -0.3 is 9.64 Å². The molecule has 0 saturated carbocycles. The van der Waals surface area contributed by atoms with Crippen LogP contribution >= 0.6 is 0 Å². The van der Waals surface area contributed by atoms with E-state index in [0.29, 0.717) is 24.4 Å². The normalized spacial score (nSPS) is 14.8. The average Bonchev–Trinajstić information content (AvgIpc) is 2.67. The topological polar surface area (TPSA) is 69.5 Å². The van der Waals surface area contributed by atoms with Crippen molar-refractivity contribution in [3.05, 3.63) is 59.9 Å². The first-order valence-corrected chi connectivity index (χ1v) is 8.28. The van der Waals surface area contributed by atoms with Crippen LogP contribution in [0.3, 0.4) is 0 Å². The van der Waals surface area contributed by atoms with E-state index in [9.17, 15) is 4.79 Å². The van der Waals surface area contributed by atoms with Gasteiger partial charge in [-0.1, -0.05) is 18.2 Å². The van der Waals surface area contributed by atoms with Crippen LogP contribution in [0.15, 0.2) is 48.7 Å². The molecule has 0 aliphatic carbocycles. The lowest BCUT2D eigenvalue weighted by molar-refractivity contribution is -0.135. The van der Waals surface area contributed by atoms with E-state index in [4.69, 9.17) is 10.00 Å². The van der Waals surface area contributed by atoms with E-state index >= 15 is 0 Å². The van der Waals surface area contributed by atoms with Gasteiger partial charge in [-0.25, -0.2) is 0 Å². The van der Waals surface area contributed by atoms with Gasteiger partial charge in [0, 0.05) is 38.9 Å². The fourth-order valence-electron chi connectivity index (χ4n) is 2.79. The second kappa shape index (κ2) is 8.27. The predicted octanol–water partition coefficient (Wildman–Crippen LogP) is 1.68. The first-order valence-electron chi connectivity index (χ1n) is 8.28. The van der Waals surface area contributed by atoms with Gasteiger partial charge in [0.25, 0.3) is 5.91 Å². The molecule has 1 aliphatic heterocycles. The van der Waals surface area contributed by atoms with E-state index in [1.807, 2.05) is 23.1 Å². The highest BCUT2D eigenvalue weighted by Gasteiger charge is 2.21. The quantitative estimate of drug-likeness (QED) is 0.831. The number of benzene rings is 1. The smallest absolute Gasteiger partial charge is 0.260 e. The number of carbonyl (C=O) groups is 1. The molecule has 1 amide bonds. The minimum atomic E-state index is -0.0507. The molecule has 3 rings (SSSR count). The van der Waals surface area contributed by atoms with Crippen LogP contribution in [0.25, 0.3) is 0 Å². The summed E-state index contributed by atoms with van der Waals surface area (Å²) in [6, 6.07) is 14.9. The summed E-state index contributed by atoms with van der Waals surface area (Å²) in [5.41, 5.74) is 1.48. The van der Waals surface area contributed by atoms with E-state index in [0.717, 1.165) is 25.3 Å². The van der Waals surface area contributed by atoms with Crippen molar-refractivity contribution >= 4 is 5.91 Å². The number of hydrogen-bond donors (Lipinski definition) is 0. The molecule has 0 atom stereocenters. The maximum atomic E-state index is 12.3. The molecule has 6 nitrogen and oxygen atoms in total. The summed E-state index contributed by atoms with van der Waals surface area (Å²) in [6.45, 7) is 3.74. The summed E-state index contributed by atoms with van der Waals surface area (Å²) in [5, 5.41) is 9.05. The minimum Gasteiger partial charge on any atom is -0.482 e. The van der Waals surface area contributed by atoms with Gasteiger partial charge in [0.2, 0.25) is 0 Å². The molecule has 25 heavy (non-hydrogen) atoms. The molecule has 0 radical (unpaired) electrons. The number of amides is 1. The van der Waals surface area contributed by atoms with Crippen LogP contribution in [0.1, 0.15) is 11.3 Å². The number of pyridine rings is 1. The van der Waals surface area contributed by atoms with Crippen LogP contribution in [-0.2, 0) is 11.3 Å². The number of rotatable bonds is 5. The molecular formula is C19H20N4O2. The Morgan fingerprint density at radius 1 is 1.12 bits per heavy atom. The predicted molar refractivity (Wildman–Crippen MR) is 92.7 cm³/mol. The maximum absolute atomic E-state index is 12.3. The SMILES string of the molecule is N#Cc1ccccc1OCC(=O)N1CCN(Cc2ccccn2)CC1. The number of ether oxygens (including phenoxy) is 1. The van der Waals surface area contributed by atoms with Crippen molar-refractivity contribution in [2.24, 2.45) is 0 Å². The standard InChI is InChI=1S/C19H20N4O2/c20-13-16-5-1-2-7-18(16)25-15-19(24)23-11-9-22(10-12-23)14-17-6-3-4-8-21-17/h1-8H,9-12,14-15H2. The Balaban J connectivity index is 1.46. The average molecular weight is 336 g/mol. The Bertz CT molecular complexity index is 750. The second-order valence-electron chi connectivity index (χ2n) is 5.87. The molecular weight excluding hydrogens is 316 g/mol. The lowest BCUT2D eigenvalue weighted by atomic mass is 10.2. The minimum absolute atomic E-state index is 0.0427. The highest BCUT2D eigenvalue weighted by atomic mass is 16.5. The van der Waals surface area contributed by atoms with Crippen LogP contribution in [0.4, 0.5) is 0 Å². The van der Waals surface area contributed by atoms with Gasteiger partial charge in [-0.3, -0.25) is 14.7 Å². The molecule has 1 aliphatic rings. The van der Waals surface area contributed by atoms with E-state index in [2.05, 4.69) is 16.0 Å². The Morgan fingerprint density at radius 3 is 2.60 bits per heavy atom. The Kier molecular flexibility index (Phi) is 5.60. The molecule has 0 bridgehead atoms. The number of carbonyl (C=O) groups excluding carboxylic acids is 1. The van der Waals surface area contributed by atoms with Crippen molar-refractivity contribution in [2.45, 2.75) is 6.54 Å². The molecule has 128 valence electrons. The van der Waals surface area contributed by atoms with Crippen LogP contribution in [0.5, 0.6) is 5.75 Å². The third kappa shape index (κ3) is 4.55. The highest BCUT2D eigenvalue weighted by Crippen LogP contribution is 2.16. The summed E-state index contributed by atoms with van der Waals surface area (Å²) in [7, 11) is 0. The van der Waals surface area contributed by atoms with E-state index < -0.39 is 0 Å². The number of hydrogen-bond acceptors (Lipinski definition) is 5. The summed E-state index contributed by atoms with van der Waals surface area (Å²) in [4.78, 5) is 20.8. The van der Waals surface area contributed by atoms with Crippen LogP contribution in [-0.4, -0.2) is 53.5 Å². The summed E-state index contributed by atoms with van der Waals surface area (Å²) < 4.78 is 5.53. The third-order valence-electron chi connectivity index (χ3n) is 4.20. The van der Waals surface area contributed by atoms with Gasteiger partial charge in [0.1, 0.15) is 11.8 Å². The van der Waals surface area contributed by atoms with Crippen LogP contribution in [0, 0.1) is 11.3 Å².